The van der Waals surface area contributed by atoms with Crippen LogP contribution in [0.1, 0.15) is 27.2 Å². The molecule has 2 rings (SSSR count). The number of hydrogen-bond acceptors (Lipinski definition) is 5. The average molecular weight is 366 g/mol. The van der Waals surface area contributed by atoms with E-state index in [1.165, 1.54) is 17.0 Å². The molecule has 142 valence electrons. The topological polar surface area (TPSA) is 99.8 Å². The highest BCUT2D eigenvalue weighted by molar-refractivity contribution is 6.05. The number of alkyl carbamates (subject to hydrolysis) is 1. The van der Waals surface area contributed by atoms with Crippen molar-refractivity contribution in [2.45, 2.75) is 32.8 Å². The van der Waals surface area contributed by atoms with Gasteiger partial charge < -0.3 is 15.4 Å². The highest BCUT2D eigenvalue weighted by atomic mass is 19.1. The number of imide groups is 1. The van der Waals surface area contributed by atoms with E-state index in [-0.39, 0.29) is 24.6 Å². The smallest absolute Gasteiger partial charge is 0.407 e. The van der Waals surface area contributed by atoms with E-state index >= 15 is 0 Å². The van der Waals surface area contributed by atoms with Crippen LogP contribution in [0.15, 0.2) is 18.2 Å². The number of halogens is 1. The molecule has 1 aromatic rings. The molecule has 1 fully saturated rings. The maximum absolute atomic E-state index is 14.3. The molecule has 1 aliphatic rings. The summed E-state index contributed by atoms with van der Waals surface area (Å²) in [7, 11) is 0. The lowest BCUT2D eigenvalue weighted by atomic mass is 10.2. The summed E-state index contributed by atoms with van der Waals surface area (Å²) >= 11 is 0. The van der Waals surface area contributed by atoms with Gasteiger partial charge >= 0.3 is 12.1 Å². The van der Waals surface area contributed by atoms with Crippen LogP contribution in [0.25, 0.3) is 0 Å². The Balaban J connectivity index is 1.85. The Kier molecular flexibility index (Phi) is 6.01. The Morgan fingerprint density at radius 2 is 2.04 bits per heavy atom. The van der Waals surface area contributed by atoms with Crippen molar-refractivity contribution in [3.63, 3.8) is 0 Å². The van der Waals surface area contributed by atoms with Crippen molar-refractivity contribution in [1.29, 1.82) is 0 Å². The van der Waals surface area contributed by atoms with Crippen LogP contribution in [-0.2, 0) is 9.53 Å². The van der Waals surface area contributed by atoms with E-state index in [2.05, 4.69) is 16.0 Å². The third kappa shape index (κ3) is 5.61. The molecule has 4 amide bonds. The monoisotopic (exact) mass is 366 g/mol. The van der Waals surface area contributed by atoms with E-state index in [4.69, 9.17) is 4.74 Å². The lowest BCUT2D eigenvalue weighted by Crippen LogP contribution is -2.49. The number of nitrogens with zero attached hydrogens (tertiary/aromatic N) is 1. The van der Waals surface area contributed by atoms with E-state index in [9.17, 15) is 18.8 Å². The van der Waals surface area contributed by atoms with Gasteiger partial charge in [-0.25, -0.2) is 14.0 Å². The fourth-order valence-electron chi connectivity index (χ4n) is 2.32. The van der Waals surface area contributed by atoms with Crippen molar-refractivity contribution in [3.8, 4) is 0 Å². The zero-order chi connectivity index (χ0) is 19.3. The number of hydrogen-bond donors (Lipinski definition) is 3. The summed E-state index contributed by atoms with van der Waals surface area (Å²) in [6.45, 7) is 6.12. The Morgan fingerprint density at radius 3 is 2.65 bits per heavy atom. The van der Waals surface area contributed by atoms with Crippen LogP contribution in [0.3, 0.4) is 0 Å². The lowest BCUT2D eigenvalue weighted by Gasteiger charge is -2.27. The second kappa shape index (κ2) is 8.03. The van der Waals surface area contributed by atoms with Gasteiger partial charge in [0.1, 0.15) is 11.4 Å². The summed E-state index contributed by atoms with van der Waals surface area (Å²) in [5.74, 6) is -0.956. The molecule has 0 bridgehead atoms. The van der Waals surface area contributed by atoms with E-state index < -0.39 is 23.5 Å². The van der Waals surface area contributed by atoms with Gasteiger partial charge in [-0.15, -0.1) is 0 Å². The number of amides is 4. The first-order valence-electron chi connectivity index (χ1n) is 8.27. The minimum atomic E-state index is -0.637. The Bertz CT molecular complexity index is 702. The third-order valence-electron chi connectivity index (χ3n) is 3.41. The number of ether oxygens (including phenoxy) is 1. The van der Waals surface area contributed by atoms with Gasteiger partial charge in [0, 0.05) is 31.7 Å². The molecule has 1 aromatic carbocycles. The van der Waals surface area contributed by atoms with Crippen LogP contribution in [0, 0.1) is 5.82 Å². The lowest BCUT2D eigenvalue weighted by molar-refractivity contribution is -0.120. The molecular weight excluding hydrogens is 343 g/mol. The minimum Gasteiger partial charge on any atom is -0.444 e. The maximum Gasteiger partial charge on any atom is 0.407 e. The van der Waals surface area contributed by atoms with Crippen LogP contribution in [0.2, 0.25) is 0 Å². The summed E-state index contributed by atoms with van der Waals surface area (Å²) in [4.78, 5) is 35.6. The Labute approximate surface area is 151 Å². The molecule has 0 aromatic heterocycles. The van der Waals surface area contributed by atoms with Gasteiger partial charge in [-0.2, -0.15) is 0 Å². The second-order valence-electron chi connectivity index (χ2n) is 6.78. The van der Waals surface area contributed by atoms with Crippen molar-refractivity contribution in [1.82, 2.24) is 10.6 Å². The quantitative estimate of drug-likeness (QED) is 0.694. The van der Waals surface area contributed by atoms with Crippen LogP contribution < -0.4 is 20.9 Å². The molecule has 3 N–H and O–H groups in total. The highest BCUT2D eigenvalue weighted by Gasteiger charge is 2.26. The summed E-state index contributed by atoms with van der Waals surface area (Å²) in [6.07, 6.45) is -0.395. The zero-order valence-corrected chi connectivity index (χ0v) is 15.0. The molecule has 1 saturated heterocycles. The fourth-order valence-corrected chi connectivity index (χ4v) is 2.32. The largest absolute Gasteiger partial charge is 0.444 e. The molecule has 0 unspecified atom stereocenters. The Hall–Kier alpha value is -2.84. The second-order valence-corrected chi connectivity index (χ2v) is 6.78. The summed E-state index contributed by atoms with van der Waals surface area (Å²) in [6, 6.07) is 3.71. The van der Waals surface area contributed by atoms with E-state index in [0.29, 0.717) is 18.8 Å². The predicted octanol–water partition coefficient (Wildman–Crippen LogP) is 2.21. The first kappa shape index (κ1) is 19.5. The zero-order valence-electron chi connectivity index (χ0n) is 15.0. The maximum atomic E-state index is 14.3. The molecule has 9 heteroatoms. The van der Waals surface area contributed by atoms with Crippen LogP contribution in [0.4, 0.5) is 25.4 Å². The van der Waals surface area contributed by atoms with Gasteiger partial charge in [-0.05, 0) is 39.0 Å². The average Bonchev–Trinajstić information content (AvgIpc) is 2.51. The normalized spacial score (nSPS) is 14.7. The van der Waals surface area contributed by atoms with E-state index in [1.807, 2.05) is 0 Å². The van der Waals surface area contributed by atoms with Gasteiger partial charge in [0.05, 0.1) is 5.69 Å². The molecular formula is C17H23FN4O4. The van der Waals surface area contributed by atoms with E-state index in [1.54, 1.807) is 26.8 Å². The number of benzene rings is 1. The standard InChI is InChI=1S/C17H23FN4O4/c1-17(2,3)26-16(25)20-8-7-19-11-4-5-13(12(18)10-11)22-9-6-14(23)21-15(22)24/h4-5,10,19H,6-9H2,1-3H3,(H,20,25)(H,21,23,24). The molecule has 0 aliphatic carbocycles. The van der Waals surface area contributed by atoms with Crippen molar-refractivity contribution in [2.24, 2.45) is 0 Å². The molecule has 8 nitrogen and oxygen atoms in total. The Morgan fingerprint density at radius 1 is 1.31 bits per heavy atom. The highest BCUT2D eigenvalue weighted by Crippen LogP contribution is 2.24. The number of rotatable bonds is 5. The molecule has 1 heterocycles. The van der Waals surface area contributed by atoms with Gasteiger partial charge in [0.2, 0.25) is 5.91 Å². The molecule has 0 atom stereocenters. The molecule has 26 heavy (non-hydrogen) atoms. The summed E-state index contributed by atoms with van der Waals surface area (Å²) < 4.78 is 19.4. The number of anilines is 2. The van der Waals surface area contributed by atoms with Gasteiger partial charge in [0.25, 0.3) is 0 Å². The fraction of sp³-hybridized carbons (Fsp3) is 0.471. The third-order valence-corrected chi connectivity index (χ3v) is 3.41. The minimum absolute atomic E-state index is 0.104. The predicted molar refractivity (Wildman–Crippen MR) is 94.6 cm³/mol. The number of urea groups is 1. The summed E-state index contributed by atoms with van der Waals surface area (Å²) in [5, 5.41) is 7.71. The molecule has 0 radical (unpaired) electrons. The number of nitrogens with one attached hydrogen (secondary N) is 3. The van der Waals surface area contributed by atoms with Crippen molar-refractivity contribution < 1.29 is 23.5 Å². The van der Waals surface area contributed by atoms with Crippen LogP contribution >= 0.6 is 0 Å². The van der Waals surface area contributed by atoms with E-state index in [0.717, 1.165) is 0 Å². The first-order valence-corrected chi connectivity index (χ1v) is 8.27. The van der Waals surface area contributed by atoms with Crippen molar-refractivity contribution in [2.75, 3.05) is 29.9 Å². The van der Waals surface area contributed by atoms with Gasteiger partial charge in [-0.3, -0.25) is 15.0 Å². The first-order chi connectivity index (χ1) is 12.2. The number of carbonyl (C=O) groups is 3. The molecule has 0 spiro atoms. The van der Waals surface area contributed by atoms with Gasteiger partial charge in [0.15, 0.2) is 0 Å². The van der Waals surface area contributed by atoms with Crippen molar-refractivity contribution >= 4 is 29.4 Å². The molecule has 1 aliphatic heterocycles. The SMILES string of the molecule is CC(C)(C)OC(=O)NCCNc1ccc(N2CCC(=O)NC2=O)c(F)c1. The summed E-state index contributed by atoms with van der Waals surface area (Å²) in [5.41, 5.74) is 0.0418. The van der Waals surface area contributed by atoms with Gasteiger partial charge in [-0.1, -0.05) is 0 Å². The van der Waals surface area contributed by atoms with Crippen LogP contribution in [0.5, 0.6) is 0 Å². The van der Waals surface area contributed by atoms with Crippen molar-refractivity contribution in [3.05, 3.63) is 24.0 Å². The number of carbonyl (C=O) groups excluding carboxylic acids is 3. The molecule has 0 saturated carbocycles. The van der Waals surface area contributed by atoms with Crippen LogP contribution in [-0.4, -0.2) is 43.3 Å².